The summed E-state index contributed by atoms with van der Waals surface area (Å²) >= 11 is 0. The van der Waals surface area contributed by atoms with E-state index in [4.69, 9.17) is 28.8 Å². The molecule has 1 aromatic rings. The molecule has 0 radical (unpaired) electrons. The van der Waals surface area contributed by atoms with Crippen LogP contribution in [-0.2, 0) is 42.9 Å². The minimum absolute atomic E-state index is 0.00648. The van der Waals surface area contributed by atoms with E-state index in [9.17, 15) is 69.2 Å². The van der Waals surface area contributed by atoms with Gasteiger partial charge in [-0.1, -0.05) is 139 Å². The molecule has 12 aliphatic rings. The average Bonchev–Trinajstić information content (AvgIpc) is 1.71. The number of nitrogens with one attached hydrogen (secondary N) is 3. The van der Waals surface area contributed by atoms with Gasteiger partial charge in [-0.3, -0.25) is 24.5 Å². The molecular formula is C99H160N4O21. The van der Waals surface area contributed by atoms with E-state index in [0.717, 1.165) is 167 Å². The number of carbonyl (C=O) groups excluding carboxylic acids is 6. The van der Waals surface area contributed by atoms with Gasteiger partial charge in [0.05, 0.1) is 41.0 Å². The fourth-order valence-electron chi connectivity index (χ4n) is 30.6. The number of carboxylic acids is 1. The quantitative estimate of drug-likeness (QED) is 0.00862. The number of hydrogen-bond donors (Lipinski definition) is 9. The second-order valence-electron chi connectivity index (χ2n) is 43.6. The molecule has 9 N–H and O–H groups in total. The van der Waals surface area contributed by atoms with Crippen molar-refractivity contribution in [2.45, 2.75) is 394 Å². The summed E-state index contributed by atoms with van der Waals surface area (Å²) in [6, 6.07) is 5.12. The number of unbranched alkanes of at least 4 members (excludes halogenated alkanes) is 9. The zero-order valence-electron chi connectivity index (χ0n) is 77.9. The third-order valence-electron chi connectivity index (χ3n) is 36.5. The van der Waals surface area contributed by atoms with Crippen LogP contribution in [0.1, 0.15) is 340 Å². The maximum absolute atomic E-state index is 12.6. The maximum atomic E-state index is 12.6. The number of aliphatic hydroxyl groups is 5. The average molecular weight is 1740 g/mol. The molecule has 25 nitrogen and oxygen atoms in total. The van der Waals surface area contributed by atoms with Gasteiger partial charge in [-0.25, -0.2) is 19.2 Å². The number of aliphatic carboxylic acids is 1. The Morgan fingerprint density at radius 2 is 0.758 bits per heavy atom. The highest BCUT2D eigenvalue weighted by molar-refractivity contribution is 5.80. The lowest BCUT2D eigenvalue weighted by Crippen LogP contribution is -2.60. The van der Waals surface area contributed by atoms with Gasteiger partial charge < -0.3 is 75.0 Å². The van der Waals surface area contributed by atoms with Gasteiger partial charge in [0, 0.05) is 25.0 Å². The van der Waals surface area contributed by atoms with Crippen molar-refractivity contribution in [1.82, 2.24) is 16.0 Å². The molecular weight excluding hydrogens is 1580 g/mol. The summed E-state index contributed by atoms with van der Waals surface area (Å²) in [6.45, 7) is 27.7. The van der Waals surface area contributed by atoms with Crippen LogP contribution >= 0.6 is 0 Å². The maximum Gasteiger partial charge on any atom is 0.407 e. The van der Waals surface area contributed by atoms with Crippen molar-refractivity contribution in [3.05, 3.63) is 34.4 Å². The zero-order chi connectivity index (χ0) is 90.3. The van der Waals surface area contributed by atoms with Crippen LogP contribution in [0.3, 0.4) is 0 Å². The molecule has 30 atom stereocenters. The molecule has 3 amide bonds. The summed E-state index contributed by atoms with van der Waals surface area (Å²) in [5, 5.41) is 85.0. The number of rotatable bonds is 30. The Hall–Kier alpha value is -5.89. The first-order chi connectivity index (χ1) is 58.6. The van der Waals surface area contributed by atoms with Crippen molar-refractivity contribution >= 4 is 47.8 Å². The predicted octanol–water partition coefficient (Wildman–Crippen LogP) is 18.6. The molecule has 0 saturated heterocycles. The van der Waals surface area contributed by atoms with Crippen LogP contribution < -0.4 is 20.7 Å². The second-order valence-corrected chi connectivity index (χ2v) is 43.6. The Morgan fingerprint density at radius 3 is 1.10 bits per heavy atom. The summed E-state index contributed by atoms with van der Waals surface area (Å²) < 4.78 is 32.8. The summed E-state index contributed by atoms with van der Waals surface area (Å²) in [7, 11) is 1.28. The minimum atomic E-state index is -1.10. The van der Waals surface area contributed by atoms with E-state index < -0.39 is 83.2 Å². The fraction of sp³-hybridized carbons (Fsp3) is 0.869. The molecule has 12 saturated carbocycles. The third kappa shape index (κ3) is 21.6. The van der Waals surface area contributed by atoms with Crippen molar-refractivity contribution in [3.63, 3.8) is 0 Å². The van der Waals surface area contributed by atoms with Crippen LogP contribution in [-0.4, -0.2) is 158 Å². The van der Waals surface area contributed by atoms with E-state index in [1.165, 1.54) is 96.1 Å². The number of carbonyl (C=O) groups is 7. The number of non-ortho nitro benzene ring substituents is 1. The van der Waals surface area contributed by atoms with Gasteiger partial charge in [-0.15, -0.1) is 0 Å². The van der Waals surface area contributed by atoms with Crippen LogP contribution in [0.15, 0.2) is 24.3 Å². The van der Waals surface area contributed by atoms with Crippen LogP contribution in [0.2, 0.25) is 0 Å². The van der Waals surface area contributed by atoms with Crippen molar-refractivity contribution < 1.29 is 97.5 Å². The highest BCUT2D eigenvalue weighted by atomic mass is 16.6. The standard InChI is InChI=1S/C36H54N2O8.C33H55NO7.C30H51NO6/c1-5-6-7-8-17-36(4,42)31-14-13-27-26-21-30(39)29-20-25(15-18-34(29,2)28(26)16-19-35(27,31)3)46-33(41)37-22-32(40)45-24-11-9-23(10-12-24)38(43)44;1-7-8-9-10-15-33(5,38)28-12-11-24-23-19-27(40-21(2)35)26-18-22(41-30(37)34-20-29(36)39-6)13-16-31(26,3)25(23)14-17-32(24,28)4;1-5-6-7-8-13-30(4,36)25-10-9-21-20-17-24(32)23-16-19(37-27(35)31-18-26(33)34)11-14-28(23,2)22(20)12-15-29(21,25)3/h9-12,25-31,39,42H,5-8,13-22H2,1-4H3,(H,37,41);22-28,38H,7-20H2,1-6H3,(H,34,37);19-25,32,36H,5-18H2,1-4H3,(H,31,35)(H,33,34)/t25-,26-,27-,28-,29+,30-,31-,34+,35-,36-;22-,23-,24-,25-,26+,27-,28-,31+,32-,33-;19-,20-,21-,22-,23+,24-,25-,28+,29-,30-/m000/s1. The number of esters is 3. The minimum Gasteiger partial charge on any atom is -0.480 e. The van der Waals surface area contributed by atoms with Crippen molar-refractivity contribution in [2.75, 3.05) is 26.7 Å². The zero-order valence-corrected chi connectivity index (χ0v) is 77.9. The number of nitrogens with zero attached hydrogens (tertiary/aromatic N) is 1. The Labute approximate surface area is 739 Å². The number of carboxylic acid groups (broad SMARTS) is 1. The first-order valence-corrected chi connectivity index (χ1v) is 48.8. The molecule has 25 heteroatoms. The highest BCUT2D eigenvalue weighted by Crippen LogP contribution is 2.73. The highest BCUT2D eigenvalue weighted by Gasteiger charge is 2.69. The van der Waals surface area contributed by atoms with E-state index in [2.05, 4.69) is 104 Å². The summed E-state index contributed by atoms with van der Waals surface area (Å²) in [4.78, 5) is 94.0. The first-order valence-electron chi connectivity index (χ1n) is 48.8. The molecule has 124 heavy (non-hydrogen) atoms. The van der Waals surface area contributed by atoms with Gasteiger partial charge in [-0.2, -0.15) is 0 Å². The van der Waals surface area contributed by atoms with Crippen LogP contribution in [0.25, 0.3) is 0 Å². The van der Waals surface area contributed by atoms with E-state index >= 15 is 0 Å². The van der Waals surface area contributed by atoms with Crippen molar-refractivity contribution in [3.8, 4) is 5.75 Å². The van der Waals surface area contributed by atoms with Gasteiger partial charge >= 0.3 is 42.2 Å². The normalized spacial score (nSPS) is 39.2. The Kier molecular flexibility index (Phi) is 32.7. The molecule has 702 valence electrons. The number of nitro groups is 1. The summed E-state index contributed by atoms with van der Waals surface area (Å²) in [5.74, 6) is 3.24. The second kappa shape index (κ2) is 41.1. The van der Waals surface area contributed by atoms with Crippen LogP contribution in [0, 0.1) is 131 Å². The Morgan fingerprint density at radius 1 is 0.427 bits per heavy atom. The number of ether oxygens (including phenoxy) is 6. The lowest BCUT2D eigenvalue weighted by atomic mass is 9.43. The smallest absolute Gasteiger partial charge is 0.407 e. The number of amides is 3. The van der Waals surface area contributed by atoms with Crippen molar-refractivity contribution in [2.24, 2.45) is 121 Å². The van der Waals surface area contributed by atoms with E-state index in [0.29, 0.717) is 96.7 Å². The molecule has 0 unspecified atom stereocenters. The molecule has 0 aliphatic heterocycles. The van der Waals surface area contributed by atoms with Crippen LogP contribution in [0.4, 0.5) is 20.1 Å². The predicted molar refractivity (Wildman–Crippen MR) is 471 cm³/mol. The molecule has 0 aromatic heterocycles. The van der Waals surface area contributed by atoms with E-state index in [1.807, 2.05) is 0 Å². The molecule has 13 rings (SSSR count). The molecule has 0 heterocycles. The van der Waals surface area contributed by atoms with Gasteiger partial charge in [0.1, 0.15) is 49.8 Å². The number of fused-ring (bicyclic) bond motifs is 15. The number of aliphatic hydroxyl groups excluding tert-OH is 2. The molecule has 0 spiro atoms. The number of benzene rings is 1. The topological polar surface area (TPSA) is 375 Å². The summed E-state index contributed by atoms with van der Waals surface area (Å²) in [6.07, 6.45) is 35.3. The largest absolute Gasteiger partial charge is 0.480 e. The third-order valence-corrected chi connectivity index (χ3v) is 36.5. The SMILES string of the molecule is CCCCCC[C@](C)(O)[C@H]1CC[C@H]2[C@@H]3C[C@H](O)[C@H]4C[C@@H](OC(=O)NCC(=O)O)CC[C@]4(C)[C@H]3CC[C@@]21C.CCCCCC[C@](C)(O)[C@H]1CC[C@H]2[C@@H]3C[C@H](O)[C@H]4C[C@@H](OC(=O)NCC(=O)Oc5ccc([N+](=O)[O-])cc5)CC[C@]4(C)[C@H]3CC[C@@]21C.CCCCCC[C@](C)(O)[C@H]1CC[C@H]2[C@@H]3C[C@H](OC(C)=O)[C@H]4C[C@@H](OC(=O)NCC(=O)OC)CC[C@]4(C)[C@H]3CC[C@@]21C. The molecule has 12 aliphatic carbocycles. The number of alkyl carbamates (subject to hydrolysis) is 3. The van der Waals surface area contributed by atoms with Crippen LogP contribution in [0.5, 0.6) is 5.75 Å². The van der Waals surface area contributed by atoms with Gasteiger partial charge in [-0.05, 0) is 322 Å². The first kappa shape index (κ1) is 98.7. The van der Waals surface area contributed by atoms with Gasteiger partial charge in [0.2, 0.25) is 0 Å². The monoisotopic (exact) mass is 1740 g/mol. The lowest BCUT2D eigenvalue weighted by molar-refractivity contribution is -0.384. The molecule has 0 bridgehead atoms. The Bertz CT molecular complexity index is 3780. The van der Waals surface area contributed by atoms with Gasteiger partial charge in [0.15, 0.2) is 0 Å². The number of nitro benzene ring substituents is 1. The Balaban J connectivity index is 0.000000182. The van der Waals surface area contributed by atoms with E-state index in [1.54, 1.807) is 0 Å². The number of hydrogen-bond acceptors (Lipinski definition) is 20. The fourth-order valence-corrected chi connectivity index (χ4v) is 30.6. The van der Waals surface area contributed by atoms with E-state index in [-0.39, 0.29) is 98.6 Å². The molecule has 1 aromatic carbocycles. The number of methoxy groups -OCH3 is 1. The summed E-state index contributed by atoms with van der Waals surface area (Å²) in [5.41, 5.74) is -1.75. The van der Waals surface area contributed by atoms with Crippen molar-refractivity contribution in [1.29, 1.82) is 0 Å². The lowest BCUT2D eigenvalue weighted by Gasteiger charge is -2.63. The molecule has 12 fully saturated rings. The van der Waals surface area contributed by atoms with Gasteiger partial charge in [0.25, 0.3) is 5.69 Å².